The standard InChI is InChI=1S/C22H30N2O4/c1-23-19(25)12-9-14-7-10-15(11-8-14)17-13-18(17)21(26)24-20(22(27)28)16-5-3-2-4-6-16/h7-8,10-11,16-18,20H,2-6,9,12-13H2,1H3,(H,23,25)(H,24,26)(H,27,28)/t17?,18?,20-/m0/s1. The maximum absolute atomic E-state index is 12.6. The molecule has 0 spiro atoms. The summed E-state index contributed by atoms with van der Waals surface area (Å²) in [6.07, 6.45) is 6.91. The molecule has 2 amide bonds. The molecular weight excluding hydrogens is 356 g/mol. The minimum absolute atomic E-state index is 0.0222. The Morgan fingerprint density at radius 3 is 2.39 bits per heavy atom. The Morgan fingerprint density at radius 2 is 1.79 bits per heavy atom. The van der Waals surface area contributed by atoms with Crippen molar-refractivity contribution in [2.75, 3.05) is 7.05 Å². The van der Waals surface area contributed by atoms with Gasteiger partial charge in [-0.25, -0.2) is 4.79 Å². The van der Waals surface area contributed by atoms with E-state index >= 15 is 0 Å². The Labute approximate surface area is 166 Å². The van der Waals surface area contributed by atoms with Crippen molar-refractivity contribution in [3.8, 4) is 0 Å². The number of hydrogen-bond donors (Lipinski definition) is 3. The van der Waals surface area contributed by atoms with E-state index in [0.29, 0.717) is 12.8 Å². The number of rotatable bonds is 8. The highest BCUT2D eigenvalue weighted by molar-refractivity contribution is 5.87. The third-order valence-corrected chi connectivity index (χ3v) is 6.14. The average molecular weight is 386 g/mol. The second kappa shape index (κ2) is 9.22. The van der Waals surface area contributed by atoms with Crippen LogP contribution in [-0.4, -0.2) is 36.0 Å². The number of aliphatic carboxylic acids is 1. The van der Waals surface area contributed by atoms with Crippen molar-refractivity contribution in [1.82, 2.24) is 10.6 Å². The van der Waals surface area contributed by atoms with Gasteiger partial charge in [-0.1, -0.05) is 43.5 Å². The van der Waals surface area contributed by atoms with Gasteiger partial charge in [0.15, 0.2) is 0 Å². The quantitative estimate of drug-likeness (QED) is 0.640. The summed E-state index contributed by atoms with van der Waals surface area (Å²) in [5.41, 5.74) is 2.20. The van der Waals surface area contributed by atoms with E-state index in [1.54, 1.807) is 7.05 Å². The van der Waals surface area contributed by atoms with E-state index in [1.807, 2.05) is 24.3 Å². The minimum atomic E-state index is -0.919. The van der Waals surface area contributed by atoms with Crippen LogP contribution in [-0.2, 0) is 20.8 Å². The number of benzene rings is 1. The fourth-order valence-electron chi connectivity index (χ4n) is 4.28. The van der Waals surface area contributed by atoms with Crippen molar-refractivity contribution in [3.63, 3.8) is 0 Å². The molecular formula is C22H30N2O4. The first-order valence-corrected chi connectivity index (χ1v) is 10.3. The normalized spacial score (nSPS) is 22.9. The SMILES string of the molecule is CNC(=O)CCc1ccc(C2CC2C(=O)N[C@H](C(=O)O)C2CCCCC2)cc1. The second-order valence-corrected chi connectivity index (χ2v) is 8.09. The highest BCUT2D eigenvalue weighted by Crippen LogP contribution is 2.47. The summed E-state index contributed by atoms with van der Waals surface area (Å²) in [6, 6.07) is 7.29. The maximum Gasteiger partial charge on any atom is 0.326 e. The van der Waals surface area contributed by atoms with E-state index in [0.717, 1.165) is 49.7 Å². The third kappa shape index (κ3) is 5.12. The second-order valence-electron chi connectivity index (χ2n) is 8.09. The number of carbonyl (C=O) groups is 3. The molecule has 0 bridgehead atoms. The van der Waals surface area contributed by atoms with Crippen LogP contribution < -0.4 is 10.6 Å². The summed E-state index contributed by atoms with van der Waals surface area (Å²) in [5.74, 6) is -0.957. The number of amides is 2. The van der Waals surface area contributed by atoms with Crippen LogP contribution in [0.4, 0.5) is 0 Å². The van der Waals surface area contributed by atoms with Crippen LogP contribution in [0.25, 0.3) is 0 Å². The minimum Gasteiger partial charge on any atom is -0.480 e. The molecule has 2 aliphatic rings. The van der Waals surface area contributed by atoms with E-state index in [4.69, 9.17) is 0 Å². The summed E-state index contributed by atoms with van der Waals surface area (Å²) in [4.78, 5) is 35.6. The van der Waals surface area contributed by atoms with Gasteiger partial charge in [0.1, 0.15) is 6.04 Å². The van der Waals surface area contributed by atoms with Gasteiger partial charge in [-0.05, 0) is 48.6 Å². The van der Waals surface area contributed by atoms with Gasteiger partial charge in [0, 0.05) is 19.4 Å². The lowest BCUT2D eigenvalue weighted by molar-refractivity contribution is -0.144. The van der Waals surface area contributed by atoms with Gasteiger partial charge in [0.05, 0.1) is 0 Å². The molecule has 6 heteroatoms. The summed E-state index contributed by atoms with van der Waals surface area (Å²) < 4.78 is 0. The molecule has 0 aromatic heterocycles. The van der Waals surface area contributed by atoms with Gasteiger partial charge >= 0.3 is 5.97 Å². The Balaban J connectivity index is 1.53. The highest BCUT2D eigenvalue weighted by Gasteiger charge is 2.45. The van der Waals surface area contributed by atoms with Crippen LogP contribution in [0.5, 0.6) is 0 Å². The van der Waals surface area contributed by atoms with E-state index in [2.05, 4.69) is 10.6 Å². The van der Waals surface area contributed by atoms with Crippen LogP contribution in [0.15, 0.2) is 24.3 Å². The smallest absolute Gasteiger partial charge is 0.326 e. The molecule has 3 rings (SSSR count). The molecule has 2 saturated carbocycles. The lowest BCUT2D eigenvalue weighted by atomic mass is 9.84. The summed E-state index contributed by atoms with van der Waals surface area (Å²) >= 11 is 0. The zero-order valence-electron chi connectivity index (χ0n) is 16.4. The van der Waals surface area contributed by atoms with E-state index in [1.165, 1.54) is 0 Å². The first-order chi connectivity index (χ1) is 13.5. The Hall–Kier alpha value is -2.37. The zero-order chi connectivity index (χ0) is 20.1. The maximum atomic E-state index is 12.6. The van der Waals surface area contributed by atoms with Gasteiger partial charge in [-0.15, -0.1) is 0 Å². The molecule has 2 unspecified atom stereocenters. The molecule has 6 nitrogen and oxygen atoms in total. The number of carboxylic acid groups (broad SMARTS) is 1. The van der Waals surface area contributed by atoms with Gasteiger partial charge in [-0.2, -0.15) is 0 Å². The molecule has 0 aliphatic heterocycles. The highest BCUT2D eigenvalue weighted by atomic mass is 16.4. The molecule has 28 heavy (non-hydrogen) atoms. The summed E-state index contributed by atoms with van der Waals surface area (Å²) in [5, 5.41) is 15.0. The number of carboxylic acids is 1. The summed E-state index contributed by atoms with van der Waals surface area (Å²) in [7, 11) is 1.63. The number of nitrogens with one attached hydrogen (secondary N) is 2. The molecule has 0 saturated heterocycles. The van der Waals surface area contributed by atoms with Crippen molar-refractivity contribution in [2.45, 2.75) is 63.3 Å². The molecule has 0 radical (unpaired) electrons. The van der Waals surface area contributed by atoms with Gasteiger partial charge in [0.2, 0.25) is 11.8 Å². The largest absolute Gasteiger partial charge is 0.480 e. The van der Waals surface area contributed by atoms with Crippen LogP contribution in [0.2, 0.25) is 0 Å². The van der Waals surface area contributed by atoms with Gasteiger partial charge in [-0.3, -0.25) is 9.59 Å². The Kier molecular flexibility index (Phi) is 6.70. The molecule has 2 aliphatic carbocycles. The van der Waals surface area contributed by atoms with Gasteiger partial charge < -0.3 is 15.7 Å². The van der Waals surface area contributed by atoms with Crippen molar-refractivity contribution in [1.29, 1.82) is 0 Å². The third-order valence-electron chi connectivity index (χ3n) is 6.14. The fourth-order valence-corrected chi connectivity index (χ4v) is 4.28. The van der Waals surface area contributed by atoms with E-state index in [9.17, 15) is 19.5 Å². The first kappa shape index (κ1) is 20.4. The lowest BCUT2D eigenvalue weighted by Crippen LogP contribution is -2.47. The Bertz CT molecular complexity index is 710. The molecule has 1 aromatic rings. The molecule has 2 fully saturated rings. The molecule has 3 N–H and O–H groups in total. The van der Waals surface area contributed by atoms with Crippen molar-refractivity contribution >= 4 is 17.8 Å². The zero-order valence-corrected chi connectivity index (χ0v) is 16.4. The Morgan fingerprint density at radius 1 is 1.11 bits per heavy atom. The topological polar surface area (TPSA) is 95.5 Å². The number of hydrogen-bond acceptors (Lipinski definition) is 3. The molecule has 1 aromatic carbocycles. The summed E-state index contributed by atoms with van der Waals surface area (Å²) in [6.45, 7) is 0. The predicted octanol–water partition coefficient (Wildman–Crippen LogP) is 2.62. The van der Waals surface area contributed by atoms with Crippen LogP contribution in [0.3, 0.4) is 0 Å². The van der Waals surface area contributed by atoms with Crippen LogP contribution in [0, 0.1) is 11.8 Å². The van der Waals surface area contributed by atoms with Crippen LogP contribution >= 0.6 is 0 Å². The molecule has 0 heterocycles. The predicted molar refractivity (Wildman–Crippen MR) is 106 cm³/mol. The first-order valence-electron chi connectivity index (χ1n) is 10.3. The van der Waals surface area contributed by atoms with Gasteiger partial charge in [0.25, 0.3) is 0 Å². The fraction of sp³-hybridized carbons (Fsp3) is 0.591. The molecule has 152 valence electrons. The van der Waals surface area contributed by atoms with E-state index < -0.39 is 12.0 Å². The monoisotopic (exact) mass is 386 g/mol. The van der Waals surface area contributed by atoms with Crippen LogP contribution in [0.1, 0.15) is 62.0 Å². The van der Waals surface area contributed by atoms with Crippen molar-refractivity contribution < 1.29 is 19.5 Å². The van der Waals surface area contributed by atoms with Crippen molar-refractivity contribution in [2.24, 2.45) is 11.8 Å². The number of aryl methyl sites for hydroxylation is 1. The van der Waals surface area contributed by atoms with Crippen molar-refractivity contribution in [3.05, 3.63) is 35.4 Å². The average Bonchev–Trinajstić information content (AvgIpc) is 3.52. The number of carbonyl (C=O) groups excluding carboxylic acids is 2. The molecule has 3 atom stereocenters. The van der Waals surface area contributed by atoms with E-state index in [-0.39, 0.29) is 29.6 Å². The lowest BCUT2D eigenvalue weighted by Gasteiger charge is -2.28.